The molecule has 0 atom stereocenters. The van der Waals surface area contributed by atoms with Crippen LogP contribution in [0.3, 0.4) is 0 Å². The van der Waals surface area contributed by atoms with Crippen LogP contribution in [0.5, 0.6) is 0 Å². The molecule has 1 aliphatic carbocycles. The standard InChI is InChI=1S/C55H36O/c1-55(2)47-32-36(29-30-45(47)51-43-24-9-10-25-44(43)52-46-26-11-12-28-48(46)56-54(52)53(51)55)50-41-22-7-5-20-39(41)49(40-21-6-8-23-42(40)50)35-18-13-17-34(31-35)38-27-14-16-33-15-3-4-19-37(33)38/h3-32H,1-2H3. The van der Waals surface area contributed by atoms with Gasteiger partial charge in [-0.15, -0.1) is 0 Å². The van der Waals surface area contributed by atoms with E-state index in [1.807, 2.05) is 0 Å². The van der Waals surface area contributed by atoms with Crippen LogP contribution in [0, 0.1) is 0 Å². The van der Waals surface area contributed by atoms with Crippen LogP contribution < -0.4 is 0 Å². The Labute approximate surface area is 325 Å². The first-order valence-electron chi connectivity index (χ1n) is 19.6. The summed E-state index contributed by atoms with van der Waals surface area (Å²) >= 11 is 0. The summed E-state index contributed by atoms with van der Waals surface area (Å²) in [7, 11) is 0. The fourth-order valence-corrected chi connectivity index (χ4v) is 10.2. The van der Waals surface area contributed by atoms with E-state index >= 15 is 0 Å². The van der Waals surface area contributed by atoms with Gasteiger partial charge in [0.15, 0.2) is 0 Å². The molecular weight excluding hydrogens is 677 g/mol. The maximum absolute atomic E-state index is 6.81. The zero-order valence-electron chi connectivity index (χ0n) is 31.2. The molecule has 0 fully saturated rings. The van der Waals surface area contributed by atoms with Gasteiger partial charge in [0.25, 0.3) is 0 Å². The molecule has 56 heavy (non-hydrogen) atoms. The van der Waals surface area contributed by atoms with Crippen LogP contribution in [-0.4, -0.2) is 0 Å². The Bertz CT molecular complexity index is 3390. The molecule has 0 unspecified atom stereocenters. The van der Waals surface area contributed by atoms with E-state index in [2.05, 4.69) is 196 Å². The van der Waals surface area contributed by atoms with Crippen molar-refractivity contribution in [2.75, 3.05) is 0 Å². The van der Waals surface area contributed by atoms with Gasteiger partial charge >= 0.3 is 0 Å². The van der Waals surface area contributed by atoms with Crippen molar-refractivity contribution in [3.8, 4) is 44.5 Å². The largest absolute Gasteiger partial charge is 0.456 e. The van der Waals surface area contributed by atoms with Crippen LogP contribution in [0.4, 0.5) is 0 Å². The average Bonchev–Trinajstić information content (AvgIpc) is 3.75. The molecule has 0 radical (unpaired) electrons. The van der Waals surface area contributed by atoms with E-state index in [1.165, 1.54) is 109 Å². The van der Waals surface area contributed by atoms with Crippen molar-refractivity contribution in [2.45, 2.75) is 19.3 Å². The maximum atomic E-state index is 6.81. The molecule has 0 spiro atoms. The van der Waals surface area contributed by atoms with Crippen LogP contribution in [0.15, 0.2) is 186 Å². The fraction of sp³-hybridized carbons (Fsp3) is 0.0545. The highest BCUT2D eigenvalue weighted by molar-refractivity contribution is 6.25. The summed E-state index contributed by atoms with van der Waals surface area (Å²) in [5, 5.41) is 12.5. The molecule has 0 amide bonds. The summed E-state index contributed by atoms with van der Waals surface area (Å²) in [5.41, 5.74) is 14.4. The Morgan fingerprint density at radius 2 is 0.893 bits per heavy atom. The molecule has 0 bridgehead atoms. The molecule has 1 heterocycles. The van der Waals surface area contributed by atoms with E-state index in [-0.39, 0.29) is 5.41 Å². The Morgan fingerprint density at radius 3 is 1.59 bits per heavy atom. The third-order valence-electron chi connectivity index (χ3n) is 12.6. The SMILES string of the molecule is CC1(C)c2cc(-c3c4ccccc4c(-c4cccc(-c5cccc6ccccc56)c4)c4ccccc34)ccc2-c2c1c1oc3ccccc3c1c1ccccc21. The van der Waals surface area contributed by atoms with Gasteiger partial charge in [-0.25, -0.2) is 0 Å². The molecule has 10 aromatic carbocycles. The van der Waals surface area contributed by atoms with Crippen molar-refractivity contribution in [3.05, 3.63) is 193 Å². The summed E-state index contributed by atoms with van der Waals surface area (Å²) in [4.78, 5) is 0. The number of furan rings is 1. The lowest BCUT2D eigenvalue weighted by Crippen LogP contribution is -2.15. The van der Waals surface area contributed by atoms with E-state index in [1.54, 1.807) is 0 Å². The minimum Gasteiger partial charge on any atom is -0.456 e. The summed E-state index contributed by atoms with van der Waals surface area (Å²) in [6.07, 6.45) is 0. The van der Waals surface area contributed by atoms with Gasteiger partial charge in [-0.3, -0.25) is 0 Å². The number of fused-ring (bicyclic) bond motifs is 13. The first-order valence-corrected chi connectivity index (χ1v) is 19.6. The second-order valence-corrected chi connectivity index (χ2v) is 15.9. The van der Waals surface area contributed by atoms with Crippen molar-refractivity contribution in [1.82, 2.24) is 0 Å². The number of para-hydroxylation sites is 1. The third kappa shape index (κ3) is 4.26. The average molecular weight is 713 g/mol. The van der Waals surface area contributed by atoms with Crippen LogP contribution in [0.2, 0.25) is 0 Å². The van der Waals surface area contributed by atoms with Crippen LogP contribution in [-0.2, 0) is 5.41 Å². The molecular formula is C55H36O. The van der Waals surface area contributed by atoms with Crippen molar-refractivity contribution >= 4 is 65.0 Å². The molecule has 1 aliphatic rings. The number of benzene rings is 10. The van der Waals surface area contributed by atoms with E-state index in [0.29, 0.717) is 0 Å². The van der Waals surface area contributed by atoms with Crippen molar-refractivity contribution in [3.63, 3.8) is 0 Å². The molecule has 1 aromatic heterocycles. The predicted octanol–water partition coefficient (Wildman–Crippen LogP) is 15.5. The summed E-state index contributed by atoms with van der Waals surface area (Å²) in [6, 6.07) is 67.0. The summed E-state index contributed by atoms with van der Waals surface area (Å²) < 4.78 is 6.81. The Hall–Kier alpha value is -6.96. The molecule has 0 aliphatic heterocycles. The van der Waals surface area contributed by atoms with Gasteiger partial charge in [0.1, 0.15) is 11.2 Å². The van der Waals surface area contributed by atoms with Gasteiger partial charge in [0, 0.05) is 21.8 Å². The summed E-state index contributed by atoms with van der Waals surface area (Å²) in [5.74, 6) is 0. The van der Waals surface area contributed by atoms with Gasteiger partial charge in [-0.1, -0.05) is 178 Å². The first kappa shape index (κ1) is 31.4. The van der Waals surface area contributed by atoms with Gasteiger partial charge in [0.05, 0.1) is 0 Å². The van der Waals surface area contributed by atoms with E-state index in [0.717, 1.165) is 11.2 Å². The zero-order chi connectivity index (χ0) is 37.1. The second-order valence-electron chi connectivity index (χ2n) is 15.9. The van der Waals surface area contributed by atoms with E-state index in [9.17, 15) is 0 Å². The van der Waals surface area contributed by atoms with Crippen molar-refractivity contribution < 1.29 is 4.42 Å². The first-order chi connectivity index (χ1) is 27.6. The van der Waals surface area contributed by atoms with E-state index < -0.39 is 0 Å². The molecule has 0 saturated heterocycles. The Balaban J connectivity index is 1.10. The number of rotatable bonds is 3. The number of hydrogen-bond acceptors (Lipinski definition) is 1. The molecule has 0 saturated carbocycles. The van der Waals surface area contributed by atoms with Gasteiger partial charge < -0.3 is 4.42 Å². The minimum absolute atomic E-state index is 0.287. The molecule has 1 heteroatoms. The molecule has 262 valence electrons. The third-order valence-corrected chi connectivity index (χ3v) is 12.6. The Kier molecular flexibility index (Phi) is 6.46. The summed E-state index contributed by atoms with van der Waals surface area (Å²) in [6.45, 7) is 4.76. The smallest absolute Gasteiger partial charge is 0.140 e. The van der Waals surface area contributed by atoms with Gasteiger partial charge in [-0.2, -0.15) is 0 Å². The molecule has 12 rings (SSSR count). The lowest BCUT2D eigenvalue weighted by atomic mass is 9.79. The lowest BCUT2D eigenvalue weighted by Gasteiger charge is -2.23. The minimum atomic E-state index is -0.287. The van der Waals surface area contributed by atoms with Gasteiger partial charge in [-0.05, 0) is 111 Å². The lowest BCUT2D eigenvalue weighted by molar-refractivity contribution is 0.620. The second kappa shape index (κ2) is 11.5. The fourth-order valence-electron chi connectivity index (χ4n) is 10.2. The number of hydrogen-bond donors (Lipinski definition) is 0. The molecule has 11 aromatic rings. The highest BCUT2D eigenvalue weighted by Crippen LogP contribution is 2.57. The van der Waals surface area contributed by atoms with Crippen molar-refractivity contribution in [1.29, 1.82) is 0 Å². The van der Waals surface area contributed by atoms with Gasteiger partial charge in [0.2, 0.25) is 0 Å². The topological polar surface area (TPSA) is 13.1 Å². The quantitative estimate of drug-likeness (QED) is 0.166. The van der Waals surface area contributed by atoms with E-state index in [4.69, 9.17) is 4.42 Å². The molecule has 0 N–H and O–H groups in total. The highest BCUT2D eigenvalue weighted by Gasteiger charge is 2.40. The maximum Gasteiger partial charge on any atom is 0.140 e. The normalized spacial score (nSPS) is 13.3. The van der Waals surface area contributed by atoms with Crippen LogP contribution in [0.1, 0.15) is 25.0 Å². The van der Waals surface area contributed by atoms with Crippen LogP contribution in [0.25, 0.3) is 110 Å². The predicted molar refractivity (Wildman–Crippen MR) is 238 cm³/mol. The van der Waals surface area contributed by atoms with Crippen LogP contribution >= 0.6 is 0 Å². The van der Waals surface area contributed by atoms with Crippen molar-refractivity contribution in [2.24, 2.45) is 0 Å². The monoisotopic (exact) mass is 712 g/mol. The Morgan fingerprint density at radius 1 is 0.375 bits per heavy atom. The molecule has 1 nitrogen and oxygen atoms in total. The highest BCUT2D eigenvalue weighted by atomic mass is 16.3. The zero-order valence-corrected chi connectivity index (χ0v) is 31.2.